The second-order valence-electron chi connectivity index (χ2n) is 4.64. The van der Waals surface area contributed by atoms with Crippen LogP contribution in [0.1, 0.15) is 10.5 Å². The summed E-state index contributed by atoms with van der Waals surface area (Å²) in [6.45, 7) is 0. The van der Waals surface area contributed by atoms with Crippen LogP contribution in [0, 0.1) is 0 Å². The number of phenolic OH excluding ortho intramolecular Hbond substituents is 1. The van der Waals surface area contributed by atoms with Crippen LogP contribution in [-0.2, 0) is 0 Å². The SMILES string of the molecule is Nc1ccc2ccnc(C(=O)Nc3cccc(O)c3)c2c1. The number of phenols is 1. The molecule has 0 bridgehead atoms. The molecular weight excluding hydrogens is 266 g/mol. The average Bonchev–Trinajstić information content (AvgIpc) is 2.46. The Bertz CT molecular complexity index is 831. The second-order valence-corrected chi connectivity index (χ2v) is 4.64. The predicted octanol–water partition coefficient (Wildman–Crippen LogP) is 2.77. The fraction of sp³-hybridized carbons (Fsp3) is 0. The van der Waals surface area contributed by atoms with E-state index in [1.807, 2.05) is 12.1 Å². The van der Waals surface area contributed by atoms with E-state index < -0.39 is 0 Å². The van der Waals surface area contributed by atoms with Crippen molar-refractivity contribution in [3.63, 3.8) is 0 Å². The summed E-state index contributed by atoms with van der Waals surface area (Å²) in [6.07, 6.45) is 1.58. The quantitative estimate of drug-likeness (QED) is 0.629. The van der Waals surface area contributed by atoms with Gasteiger partial charge in [-0.3, -0.25) is 9.78 Å². The van der Waals surface area contributed by atoms with E-state index in [1.54, 1.807) is 30.5 Å². The molecule has 0 saturated carbocycles. The van der Waals surface area contributed by atoms with Gasteiger partial charge in [0.25, 0.3) is 5.91 Å². The van der Waals surface area contributed by atoms with Crippen molar-refractivity contribution in [1.82, 2.24) is 4.98 Å². The zero-order valence-electron chi connectivity index (χ0n) is 11.1. The van der Waals surface area contributed by atoms with Crippen LogP contribution < -0.4 is 11.1 Å². The van der Waals surface area contributed by atoms with E-state index in [9.17, 15) is 9.90 Å². The van der Waals surface area contributed by atoms with Gasteiger partial charge in [-0.1, -0.05) is 12.1 Å². The Kier molecular flexibility index (Phi) is 3.16. The highest BCUT2D eigenvalue weighted by Gasteiger charge is 2.12. The van der Waals surface area contributed by atoms with Gasteiger partial charge in [-0.25, -0.2) is 0 Å². The number of carbonyl (C=O) groups excluding carboxylic acids is 1. The first kappa shape index (κ1) is 12.9. The van der Waals surface area contributed by atoms with E-state index in [-0.39, 0.29) is 11.7 Å². The maximum atomic E-state index is 12.4. The second kappa shape index (κ2) is 5.13. The molecule has 0 atom stereocenters. The molecule has 3 aromatic rings. The lowest BCUT2D eigenvalue weighted by Crippen LogP contribution is -2.14. The molecule has 104 valence electrons. The van der Waals surface area contributed by atoms with Crippen molar-refractivity contribution in [3.05, 3.63) is 60.4 Å². The minimum Gasteiger partial charge on any atom is -0.508 e. The van der Waals surface area contributed by atoms with Crippen molar-refractivity contribution < 1.29 is 9.90 Å². The van der Waals surface area contributed by atoms with Crippen molar-refractivity contribution in [2.24, 2.45) is 0 Å². The first-order chi connectivity index (χ1) is 10.1. The maximum absolute atomic E-state index is 12.4. The summed E-state index contributed by atoms with van der Waals surface area (Å²) in [5.74, 6) is -0.264. The van der Waals surface area contributed by atoms with Crippen LogP contribution in [0.15, 0.2) is 54.7 Å². The zero-order valence-corrected chi connectivity index (χ0v) is 11.1. The Morgan fingerprint density at radius 3 is 2.81 bits per heavy atom. The molecule has 0 radical (unpaired) electrons. The number of amides is 1. The van der Waals surface area contributed by atoms with Crippen LogP contribution >= 0.6 is 0 Å². The molecule has 0 aliphatic heterocycles. The Balaban J connectivity index is 2.00. The van der Waals surface area contributed by atoms with E-state index >= 15 is 0 Å². The zero-order chi connectivity index (χ0) is 14.8. The average molecular weight is 279 g/mol. The van der Waals surface area contributed by atoms with Gasteiger partial charge in [0.15, 0.2) is 0 Å². The van der Waals surface area contributed by atoms with Crippen molar-refractivity contribution in [3.8, 4) is 5.75 Å². The van der Waals surface area contributed by atoms with Crippen molar-refractivity contribution in [2.75, 3.05) is 11.1 Å². The fourth-order valence-electron chi connectivity index (χ4n) is 2.14. The lowest BCUT2D eigenvalue weighted by molar-refractivity contribution is 0.102. The van der Waals surface area contributed by atoms with Crippen LogP contribution in [0.5, 0.6) is 5.75 Å². The van der Waals surface area contributed by atoms with Gasteiger partial charge in [0.2, 0.25) is 0 Å². The number of aromatic nitrogens is 1. The maximum Gasteiger partial charge on any atom is 0.274 e. The third kappa shape index (κ3) is 2.62. The normalized spacial score (nSPS) is 10.5. The third-order valence-corrected chi connectivity index (χ3v) is 3.11. The van der Waals surface area contributed by atoms with Gasteiger partial charge < -0.3 is 16.2 Å². The summed E-state index contributed by atoms with van der Waals surface area (Å²) < 4.78 is 0. The smallest absolute Gasteiger partial charge is 0.274 e. The Labute approximate surface area is 121 Å². The van der Waals surface area contributed by atoms with Crippen LogP contribution in [0.3, 0.4) is 0 Å². The van der Waals surface area contributed by atoms with Gasteiger partial charge in [0.05, 0.1) is 0 Å². The van der Waals surface area contributed by atoms with Crippen LogP contribution in [0.25, 0.3) is 10.8 Å². The predicted molar refractivity (Wildman–Crippen MR) is 82.2 cm³/mol. The molecule has 0 fully saturated rings. The number of hydrogen-bond donors (Lipinski definition) is 3. The highest BCUT2D eigenvalue weighted by Crippen LogP contribution is 2.21. The Morgan fingerprint density at radius 2 is 2.00 bits per heavy atom. The standard InChI is InChI=1S/C16H13N3O2/c17-11-5-4-10-6-7-18-15(14(10)8-11)16(21)19-12-2-1-3-13(20)9-12/h1-9,20H,17H2,(H,19,21). The number of carbonyl (C=O) groups is 1. The molecule has 0 spiro atoms. The van der Waals surface area contributed by atoms with Gasteiger partial charge in [-0.15, -0.1) is 0 Å². The Hall–Kier alpha value is -3.08. The largest absolute Gasteiger partial charge is 0.508 e. The first-order valence-electron chi connectivity index (χ1n) is 6.38. The molecule has 0 aliphatic rings. The molecule has 1 aromatic heterocycles. The third-order valence-electron chi connectivity index (χ3n) is 3.11. The summed E-state index contributed by atoms with van der Waals surface area (Å²) in [6, 6.07) is 13.5. The number of fused-ring (bicyclic) bond motifs is 1. The van der Waals surface area contributed by atoms with E-state index in [2.05, 4.69) is 10.3 Å². The molecule has 4 N–H and O–H groups in total. The topological polar surface area (TPSA) is 88.2 Å². The minimum absolute atomic E-state index is 0.0860. The van der Waals surface area contributed by atoms with E-state index in [0.29, 0.717) is 22.5 Å². The number of nitrogens with zero attached hydrogens (tertiary/aromatic N) is 1. The summed E-state index contributed by atoms with van der Waals surface area (Å²) in [5.41, 5.74) is 7.14. The number of hydrogen-bond acceptors (Lipinski definition) is 4. The lowest BCUT2D eigenvalue weighted by Gasteiger charge is -2.08. The number of pyridine rings is 1. The number of nitrogens with one attached hydrogen (secondary N) is 1. The number of anilines is 2. The molecule has 2 aromatic carbocycles. The van der Waals surface area contributed by atoms with Gasteiger partial charge in [-0.05, 0) is 35.7 Å². The molecule has 3 rings (SSSR count). The highest BCUT2D eigenvalue weighted by atomic mass is 16.3. The van der Waals surface area contributed by atoms with Crippen molar-refractivity contribution in [1.29, 1.82) is 0 Å². The number of nitrogen functional groups attached to an aromatic ring is 1. The summed E-state index contributed by atoms with van der Waals surface area (Å²) >= 11 is 0. The fourth-order valence-corrected chi connectivity index (χ4v) is 2.14. The van der Waals surface area contributed by atoms with Crippen LogP contribution in [-0.4, -0.2) is 16.0 Å². The number of benzene rings is 2. The van der Waals surface area contributed by atoms with Gasteiger partial charge in [0, 0.05) is 29.0 Å². The van der Waals surface area contributed by atoms with E-state index in [0.717, 1.165) is 5.39 Å². The molecule has 0 aliphatic carbocycles. The van der Waals surface area contributed by atoms with Gasteiger partial charge in [0.1, 0.15) is 11.4 Å². The number of nitrogens with two attached hydrogens (primary N) is 1. The monoisotopic (exact) mass is 279 g/mol. The van der Waals surface area contributed by atoms with Crippen LogP contribution in [0.2, 0.25) is 0 Å². The summed E-state index contributed by atoms with van der Waals surface area (Å²) in [5, 5.41) is 13.7. The number of aromatic hydroxyl groups is 1. The molecule has 1 heterocycles. The highest BCUT2D eigenvalue weighted by molar-refractivity contribution is 6.11. The molecule has 0 saturated heterocycles. The van der Waals surface area contributed by atoms with Crippen molar-refractivity contribution in [2.45, 2.75) is 0 Å². The number of rotatable bonds is 2. The van der Waals surface area contributed by atoms with E-state index in [1.165, 1.54) is 12.1 Å². The Morgan fingerprint density at radius 1 is 1.14 bits per heavy atom. The molecule has 0 unspecified atom stereocenters. The van der Waals surface area contributed by atoms with Gasteiger partial charge >= 0.3 is 0 Å². The van der Waals surface area contributed by atoms with Gasteiger partial charge in [-0.2, -0.15) is 0 Å². The molecule has 21 heavy (non-hydrogen) atoms. The van der Waals surface area contributed by atoms with Crippen LogP contribution in [0.4, 0.5) is 11.4 Å². The minimum atomic E-state index is -0.350. The molecular formula is C16H13N3O2. The lowest BCUT2D eigenvalue weighted by atomic mass is 10.1. The van der Waals surface area contributed by atoms with E-state index in [4.69, 9.17) is 5.73 Å². The molecule has 1 amide bonds. The summed E-state index contributed by atoms with van der Waals surface area (Å²) in [4.78, 5) is 16.5. The molecule has 5 heteroatoms. The van der Waals surface area contributed by atoms with Crippen molar-refractivity contribution >= 4 is 28.1 Å². The molecule has 5 nitrogen and oxygen atoms in total. The summed E-state index contributed by atoms with van der Waals surface area (Å²) in [7, 11) is 0. The first-order valence-corrected chi connectivity index (χ1v) is 6.38.